The highest BCUT2D eigenvalue weighted by molar-refractivity contribution is 7.47. The first kappa shape index (κ1) is 58.9. The molecule has 0 amide bonds. The number of esters is 1. The average Bonchev–Trinajstić information content (AvgIpc) is 3.24. The predicted octanol–water partition coefficient (Wildman–Crippen LogP) is 14.6. The van der Waals surface area contributed by atoms with Gasteiger partial charge in [0, 0.05) is 13.0 Å². The van der Waals surface area contributed by atoms with Crippen molar-refractivity contribution in [2.24, 2.45) is 0 Å². The molecule has 10 heteroatoms. The number of rotatable bonds is 49. The van der Waals surface area contributed by atoms with Crippen LogP contribution in [0.15, 0.2) is 24.3 Å². The molecular weight excluding hydrogens is 776 g/mol. The Morgan fingerprint density at radius 3 is 1.25 bits per heavy atom. The number of hydrogen-bond acceptors (Lipinski definition) is 8. The van der Waals surface area contributed by atoms with Gasteiger partial charge >= 0.3 is 13.8 Å². The summed E-state index contributed by atoms with van der Waals surface area (Å²) in [5, 5.41) is 18.4. The van der Waals surface area contributed by atoms with Crippen LogP contribution in [0.5, 0.6) is 0 Å². The van der Waals surface area contributed by atoms with E-state index in [4.69, 9.17) is 23.6 Å². The number of unbranched alkanes of at least 4 members (excludes halogenated alkanes) is 31. The second-order valence-electron chi connectivity index (χ2n) is 17.2. The molecular formula is C50H97O9P. The number of carbonyl (C=O) groups is 1. The highest BCUT2D eigenvalue weighted by atomic mass is 31.2. The summed E-state index contributed by atoms with van der Waals surface area (Å²) in [7, 11) is -4.52. The average molecular weight is 873 g/mol. The number of phosphoric acid groups is 1. The molecule has 9 nitrogen and oxygen atoms in total. The minimum absolute atomic E-state index is 0.0496. The standard InChI is InChI=1S/C50H97O9P/c1-3-5-7-9-11-13-15-17-19-21-23-24-25-26-28-30-32-34-36-38-40-42-50(53)59-49(47-58-60(54,55)57-45-48(52)44-51)46-56-43-41-39-37-35-33-31-29-27-22-20-18-16-14-12-10-8-6-4-2/h18,20-21,23,48-49,51-52H,3-17,19,22,24-47H2,1-2H3,(H,54,55)/b20-18-,23-21-. The molecule has 0 aromatic rings. The molecule has 60 heavy (non-hydrogen) atoms. The van der Waals surface area contributed by atoms with Crippen molar-refractivity contribution in [3.05, 3.63) is 24.3 Å². The molecule has 0 rings (SSSR count). The van der Waals surface area contributed by atoms with Gasteiger partial charge in [0.05, 0.1) is 26.4 Å². The fourth-order valence-corrected chi connectivity index (χ4v) is 8.02. The van der Waals surface area contributed by atoms with Gasteiger partial charge in [0.15, 0.2) is 0 Å². The largest absolute Gasteiger partial charge is 0.472 e. The highest BCUT2D eigenvalue weighted by Gasteiger charge is 2.26. The summed E-state index contributed by atoms with van der Waals surface area (Å²) in [4.78, 5) is 22.7. The second kappa shape index (κ2) is 47.4. The van der Waals surface area contributed by atoms with E-state index in [2.05, 4.69) is 38.2 Å². The normalized spacial score (nSPS) is 14.0. The number of hydrogen-bond donors (Lipinski definition) is 3. The lowest BCUT2D eigenvalue weighted by Gasteiger charge is -2.20. The van der Waals surface area contributed by atoms with Crippen molar-refractivity contribution < 1.29 is 43.0 Å². The molecule has 0 saturated heterocycles. The summed E-state index contributed by atoms with van der Waals surface area (Å²) in [5.41, 5.74) is 0. The van der Waals surface area contributed by atoms with Crippen LogP contribution in [0.25, 0.3) is 0 Å². The van der Waals surface area contributed by atoms with Crippen molar-refractivity contribution in [1.29, 1.82) is 0 Å². The summed E-state index contributed by atoms with van der Waals surface area (Å²) >= 11 is 0. The van der Waals surface area contributed by atoms with Gasteiger partial charge in [-0.15, -0.1) is 0 Å². The van der Waals surface area contributed by atoms with E-state index in [0.717, 1.165) is 38.5 Å². The van der Waals surface area contributed by atoms with Gasteiger partial charge in [-0.25, -0.2) is 4.57 Å². The number of aliphatic hydroxyl groups is 2. The number of allylic oxidation sites excluding steroid dienone is 4. The van der Waals surface area contributed by atoms with E-state index in [1.165, 1.54) is 186 Å². The van der Waals surface area contributed by atoms with Crippen molar-refractivity contribution in [3.63, 3.8) is 0 Å². The number of ether oxygens (including phenoxy) is 2. The van der Waals surface area contributed by atoms with E-state index in [-0.39, 0.29) is 25.6 Å². The number of phosphoric ester groups is 1. The lowest BCUT2D eigenvalue weighted by Crippen LogP contribution is -2.29. The third-order valence-corrected chi connectivity index (χ3v) is 12.1. The number of aliphatic hydroxyl groups excluding tert-OH is 2. The van der Waals surface area contributed by atoms with Crippen molar-refractivity contribution >= 4 is 13.8 Å². The minimum Gasteiger partial charge on any atom is -0.457 e. The fraction of sp³-hybridized carbons (Fsp3) is 0.900. The van der Waals surface area contributed by atoms with Crippen LogP contribution in [0.1, 0.15) is 245 Å². The first-order valence-corrected chi connectivity index (χ1v) is 26.8. The molecule has 0 aromatic heterocycles. The molecule has 0 aromatic carbocycles. The zero-order valence-electron chi connectivity index (χ0n) is 39.2. The highest BCUT2D eigenvalue weighted by Crippen LogP contribution is 2.43. The summed E-state index contributed by atoms with van der Waals surface area (Å²) < 4.78 is 33.5. The Balaban J connectivity index is 4.07. The van der Waals surface area contributed by atoms with Crippen LogP contribution in [0.4, 0.5) is 0 Å². The van der Waals surface area contributed by atoms with Gasteiger partial charge in [-0.3, -0.25) is 13.8 Å². The zero-order chi connectivity index (χ0) is 43.9. The molecule has 356 valence electrons. The molecule has 0 heterocycles. The van der Waals surface area contributed by atoms with E-state index >= 15 is 0 Å². The van der Waals surface area contributed by atoms with Crippen LogP contribution >= 0.6 is 7.82 Å². The Bertz CT molecular complexity index is 991. The summed E-state index contributed by atoms with van der Waals surface area (Å²) in [6.07, 6.45) is 51.4. The summed E-state index contributed by atoms with van der Waals surface area (Å²) in [5.74, 6) is -0.382. The molecule has 3 unspecified atom stereocenters. The van der Waals surface area contributed by atoms with Gasteiger partial charge in [-0.1, -0.05) is 199 Å². The fourth-order valence-electron chi connectivity index (χ4n) is 7.23. The topological polar surface area (TPSA) is 132 Å². The molecule has 0 aliphatic rings. The monoisotopic (exact) mass is 873 g/mol. The maximum absolute atomic E-state index is 12.7. The van der Waals surface area contributed by atoms with Crippen LogP contribution in [-0.2, 0) is 27.9 Å². The van der Waals surface area contributed by atoms with Gasteiger partial charge in [0.25, 0.3) is 0 Å². The lowest BCUT2D eigenvalue weighted by atomic mass is 10.1. The van der Waals surface area contributed by atoms with Crippen LogP contribution < -0.4 is 0 Å². The molecule has 0 fully saturated rings. The Hall–Kier alpha value is -1.06. The van der Waals surface area contributed by atoms with Gasteiger partial charge < -0.3 is 24.6 Å². The smallest absolute Gasteiger partial charge is 0.457 e. The first-order chi connectivity index (χ1) is 29.3. The van der Waals surface area contributed by atoms with Crippen molar-refractivity contribution in [2.75, 3.05) is 33.0 Å². The van der Waals surface area contributed by atoms with Crippen LogP contribution in [0.3, 0.4) is 0 Å². The van der Waals surface area contributed by atoms with Gasteiger partial charge in [0.1, 0.15) is 12.2 Å². The van der Waals surface area contributed by atoms with Crippen molar-refractivity contribution in [1.82, 2.24) is 0 Å². The van der Waals surface area contributed by atoms with E-state index in [9.17, 15) is 19.4 Å². The molecule has 0 spiro atoms. The van der Waals surface area contributed by atoms with Crippen molar-refractivity contribution in [3.8, 4) is 0 Å². The van der Waals surface area contributed by atoms with E-state index in [1.807, 2.05) is 0 Å². The Morgan fingerprint density at radius 2 is 0.850 bits per heavy atom. The Labute approximate surface area is 370 Å². The van der Waals surface area contributed by atoms with Gasteiger partial charge in [-0.05, 0) is 64.2 Å². The summed E-state index contributed by atoms with van der Waals surface area (Å²) in [6, 6.07) is 0. The Morgan fingerprint density at radius 1 is 0.500 bits per heavy atom. The van der Waals surface area contributed by atoms with Crippen LogP contribution in [0, 0.1) is 0 Å². The van der Waals surface area contributed by atoms with Gasteiger partial charge in [-0.2, -0.15) is 0 Å². The summed E-state index contributed by atoms with van der Waals surface area (Å²) in [6.45, 7) is 3.55. The maximum atomic E-state index is 12.7. The second-order valence-corrected chi connectivity index (χ2v) is 18.6. The van der Waals surface area contributed by atoms with Crippen LogP contribution in [0.2, 0.25) is 0 Å². The maximum Gasteiger partial charge on any atom is 0.472 e. The molecule has 3 atom stereocenters. The van der Waals surface area contributed by atoms with E-state index < -0.39 is 33.2 Å². The lowest BCUT2D eigenvalue weighted by molar-refractivity contribution is -0.154. The van der Waals surface area contributed by atoms with Crippen LogP contribution in [-0.4, -0.2) is 66.3 Å². The molecule has 0 radical (unpaired) electrons. The van der Waals surface area contributed by atoms with Gasteiger partial charge in [0.2, 0.25) is 0 Å². The minimum atomic E-state index is -4.52. The predicted molar refractivity (Wildman–Crippen MR) is 251 cm³/mol. The number of carbonyl (C=O) groups excluding carboxylic acids is 1. The third kappa shape index (κ3) is 46.4. The third-order valence-electron chi connectivity index (χ3n) is 11.1. The molecule has 0 aliphatic carbocycles. The van der Waals surface area contributed by atoms with Crippen molar-refractivity contribution in [2.45, 2.75) is 257 Å². The Kier molecular flexibility index (Phi) is 46.6. The quantitative estimate of drug-likeness (QED) is 0.0237. The van der Waals surface area contributed by atoms with E-state index in [1.54, 1.807) is 0 Å². The first-order valence-electron chi connectivity index (χ1n) is 25.3. The molecule has 3 N–H and O–H groups in total. The molecule has 0 bridgehead atoms. The molecule has 0 saturated carbocycles. The van der Waals surface area contributed by atoms with E-state index in [0.29, 0.717) is 6.61 Å². The SMILES string of the molecule is CCCCCCCC/C=C\CCCCCCCCCCOCC(COP(=O)(O)OCC(O)CO)OC(=O)CCCCCCCCCCC/C=C\CCCCCCCCCC. The zero-order valence-corrected chi connectivity index (χ0v) is 40.1. The molecule has 0 aliphatic heterocycles.